The van der Waals surface area contributed by atoms with Gasteiger partial charge in [-0.3, -0.25) is 4.79 Å². The van der Waals surface area contributed by atoms with Gasteiger partial charge in [0.2, 0.25) is 5.91 Å². The lowest BCUT2D eigenvalue weighted by molar-refractivity contribution is -0.119. The molecule has 1 amide bonds. The molecule has 1 saturated heterocycles. The molecule has 0 spiro atoms. The van der Waals surface area contributed by atoms with Crippen LogP contribution in [0.25, 0.3) is 10.2 Å². The lowest BCUT2D eigenvalue weighted by Gasteiger charge is -2.22. The van der Waals surface area contributed by atoms with E-state index >= 15 is 0 Å². The molecule has 1 aliphatic heterocycles. The first-order valence-electron chi connectivity index (χ1n) is 8.72. The number of benzene rings is 1. The van der Waals surface area contributed by atoms with Crippen LogP contribution >= 0.6 is 22.7 Å². The molecule has 1 aromatic carbocycles. The predicted octanol–water partition coefficient (Wildman–Crippen LogP) is 3.47. The number of carbonyl (C=O) groups excluding carboxylic acids is 1. The topological polar surface area (TPSA) is 88.6 Å². The van der Waals surface area contributed by atoms with Crippen LogP contribution in [-0.4, -0.2) is 43.3 Å². The molecule has 0 aliphatic carbocycles. The number of sulfonamides is 1. The highest BCUT2D eigenvalue weighted by Crippen LogP contribution is 2.32. The van der Waals surface area contributed by atoms with Gasteiger partial charge >= 0.3 is 0 Å². The monoisotopic (exact) mass is 437 g/mol. The van der Waals surface area contributed by atoms with E-state index in [0.717, 1.165) is 15.1 Å². The molecule has 3 heterocycles. The van der Waals surface area contributed by atoms with E-state index < -0.39 is 16.1 Å². The van der Waals surface area contributed by atoms with Crippen LogP contribution < -0.4 is 10.1 Å². The van der Waals surface area contributed by atoms with Crippen LogP contribution in [0.3, 0.4) is 0 Å². The average molecular weight is 438 g/mol. The zero-order valence-electron chi connectivity index (χ0n) is 15.3. The summed E-state index contributed by atoms with van der Waals surface area (Å²) in [5, 5.41) is 3.24. The van der Waals surface area contributed by atoms with Crippen molar-refractivity contribution in [1.82, 2.24) is 9.29 Å². The Labute approximate surface area is 171 Å². The second kappa shape index (κ2) is 7.43. The quantitative estimate of drug-likeness (QED) is 0.660. The lowest BCUT2D eigenvalue weighted by Crippen LogP contribution is -2.42. The van der Waals surface area contributed by atoms with Crippen molar-refractivity contribution in [2.24, 2.45) is 0 Å². The van der Waals surface area contributed by atoms with Crippen LogP contribution in [0.4, 0.5) is 5.13 Å². The molecule has 4 rings (SSSR count). The number of methoxy groups -OCH3 is 1. The van der Waals surface area contributed by atoms with Gasteiger partial charge in [-0.15, -0.1) is 11.3 Å². The highest BCUT2D eigenvalue weighted by atomic mass is 32.2. The number of thiophene rings is 1. The maximum Gasteiger partial charge on any atom is 0.253 e. The van der Waals surface area contributed by atoms with E-state index in [9.17, 15) is 13.2 Å². The van der Waals surface area contributed by atoms with Crippen molar-refractivity contribution in [1.29, 1.82) is 0 Å². The summed E-state index contributed by atoms with van der Waals surface area (Å²) in [4.78, 5) is 18.2. The standard InChI is InChI=1S/C18H19N3O4S3/c1-11-5-8-16(26-11)28(23,24)21-9-3-4-14(21)17(22)20-18-19-13-7-6-12(25-2)10-15(13)27-18/h5-8,10,14H,3-4,9H2,1-2H3,(H,19,20,22)/t14-/m0/s1. The fourth-order valence-electron chi connectivity index (χ4n) is 3.23. The molecule has 10 heteroatoms. The minimum absolute atomic E-state index is 0.275. The molecule has 1 N–H and O–H groups in total. The number of amides is 1. The summed E-state index contributed by atoms with van der Waals surface area (Å²) in [6.07, 6.45) is 1.15. The molecule has 0 bridgehead atoms. The highest BCUT2D eigenvalue weighted by molar-refractivity contribution is 7.91. The van der Waals surface area contributed by atoms with Crippen LogP contribution in [0.15, 0.2) is 34.5 Å². The first-order chi connectivity index (χ1) is 13.4. The van der Waals surface area contributed by atoms with E-state index in [1.54, 1.807) is 19.2 Å². The van der Waals surface area contributed by atoms with E-state index in [1.165, 1.54) is 27.0 Å². The van der Waals surface area contributed by atoms with E-state index in [-0.39, 0.29) is 10.1 Å². The largest absolute Gasteiger partial charge is 0.497 e. The first kappa shape index (κ1) is 19.3. The van der Waals surface area contributed by atoms with Crippen molar-refractivity contribution in [2.45, 2.75) is 30.0 Å². The van der Waals surface area contributed by atoms with Gasteiger partial charge in [0, 0.05) is 11.4 Å². The third-order valence-electron chi connectivity index (χ3n) is 4.61. The zero-order chi connectivity index (χ0) is 19.9. The summed E-state index contributed by atoms with van der Waals surface area (Å²) in [5.41, 5.74) is 0.756. The fourth-order valence-corrected chi connectivity index (χ4v) is 7.20. The van der Waals surface area contributed by atoms with Gasteiger partial charge in [-0.2, -0.15) is 4.31 Å². The van der Waals surface area contributed by atoms with Gasteiger partial charge in [0.25, 0.3) is 10.0 Å². The van der Waals surface area contributed by atoms with E-state index in [0.29, 0.717) is 30.3 Å². The number of fused-ring (bicyclic) bond motifs is 1. The normalized spacial score (nSPS) is 17.9. The predicted molar refractivity (Wildman–Crippen MR) is 111 cm³/mol. The number of ether oxygens (including phenoxy) is 1. The number of hydrogen-bond acceptors (Lipinski definition) is 7. The first-order valence-corrected chi connectivity index (χ1v) is 11.8. The van der Waals surface area contributed by atoms with Gasteiger partial charge < -0.3 is 10.1 Å². The van der Waals surface area contributed by atoms with Crippen LogP contribution in [-0.2, 0) is 14.8 Å². The van der Waals surface area contributed by atoms with Crippen LogP contribution in [0, 0.1) is 6.92 Å². The van der Waals surface area contributed by atoms with Crippen LogP contribution in [0.1, 0.15) is 17.7 Å². The Bertz CT molecular complexity index is 1140. The Morgan fingerprint density at radius 2 is 2.11 bits per heavy atom. The molecule has 7 nitrogen and oxygen atoms in total. The average Bonchev–Trinajstić information content (AvgIpc) is 3.39. The Morgan fingerprint density at radius 1 is 1.29 bits per heavy atom. The number of hydrogen-bond donors (Lipinski definition) is 1. The van der Waals surface area contributed by atoms with Crippen molar-refractivity contribution in [3.05, 3.63) is 35.2 Å². The van der Waals surface area contributed by atoms with Crippen molar-refractivity contribution < 1.29 is 17.9 Å². The Morgan fingerprint density at radius 3 is 2.82 bits per heavy atom. The molecule has 1 atom stereocenters. The number of aryl methyl sites for hydroxylation is 1. The summed E-state index contributed by atoms with van der Waals surface area (Å²) in [7, 11) is -2.09. The van der Waals surface area contributed by atoms with Gasteiger partial charge in [0.05, 0.1) is 17.3 Å². The summed E-state index contributed by atoms with van der Waals surface area (Å²) >= 11 is 2.56. The lowest BCUT2D eigenvalue weighted by atomic mass is 10.2. The van der Waals surface area contributed by atoms with E-state index in [1.807, 2.05) is 25.1 Å². The molecule has 3 aromatic rings. The third-order valence-corrected chi connectivity index (χ3v) is 8.92. The second-order valence-electron chi connectivity index (χ2n) is 6.48. The molecular weight excluding hydrogens is 418 g/mol. The summed E-state index contributed by atoms with van der Waals surface area (Å²) in [6, 6.07) is 8.14. The summed E-state index contributed by atoms with van der Waals surface area (Å²) < 4.78 is 33.6. The molecular formula is C18H19N3O4S3. The van der Waals surface area contributed by atoms with Crippen molar-refractivity contribution >= 4 is 54.0 Å². The second-order valence-corrected chi connectivity index (χ2v) is 10.9. The number of rotatable bonds is 5. The molecule has 0 radical (unpaired) electrons. The number of nitrogens with one attached hydrogen (secondary N) is 1. The highest BCUT2D eigenvalue weighted by Gasteiger charge is 2.40. The van der Waals surface area contributed by atoms with Gasteiger partial charge in [-0.25, -0.2) is 13.4 Å². The van der Waals surface area contributed by atoms with E-state index in [2.05, 4.69) is 10.3 Å². The van der Waals surface area contributed by atoms with Gasteiger partial charge in [0.15, 0.2) is 5.13 Å². The molecule has 148 valence electrons. The minimum Gasteiger partial charge on any atom is -0.497 e. The maximum absolute atomic E-state index is 13.0. The summed E-state index contributed by atoms with van der Waals surface area (Å²) in [5.74, 6) is 0.369. The zero-order valence-corrected chi connectivity index (χ0v) is 17.8. The van der Waals surface area contributed by atoms with Crippen molar-refractivity contribution in [3.8, 4) is 5.75 Å². The van der Waals surface area contributed by atoms with Gasteiger partial charge in [-0.1, -0.05) is 11.3 Å². The van der Waals surface area contributed by atoms with E-state index in [4.69, 9.17) is 4.74 Å². The Balaban J connectivity index is 1.55. The Kier molecular flexibility index (Phi) is 5.13. The molecule has 1 aliphatic rings. The number of anilines is 1. The Hall–Kier alpha value is -2.01. The van der Waals surface area contributed by atoms with Crippen LogP contribution in [0.5, 0.6) is 5.75 Å². The molecule has 1 fully saturated rings. The maximum atomic E-state index is 13.0. The van der Waals surface area contributed by atoms with Crippen molar-refractivity contribution in [2.75, 3.05) is 19.0 Å². The molecule has 0 saturated carbocycles. The van der Waals surface area contributed by atoms with Gasteiger partial charge in [-0.05, 0) is 50.1 Å². The number of thiazole rings is 1. The third kappa shape index (κ3) is 3.52. The number of aromatic nitrogens is 1. The van der Waals surface area contributed by atoms with Crippen LogP contribution in [0.2, 0.25) is 0 Å². The molecule has 28 heavy (non-hydrogen) atoms. The molecule has 0 unspecified atom stereocenters. The number of nitrogens with zero attached hydrogens (tertiary/aromatic N) is 2. The summed E-state index contributed by atoms with van der Waals surface area (Å²) in [6.45, 7) is 2.20. The minimum atomic E-state index is -3.68. The number of carbonyl (C=O) groups is 1. The van der Waals surface area contributed by atoms with Gasteiger partial charge in [0.1, 0.15) is 16.0 Å². The van der Waals surface area contributed by atoms with Crippen molar-refractivity contribution in [3.63, 3.8) is 0 Å². The SMILES string of the molecule is COc1ccc2nc(NC(=O)[C@@H]3CCCN3S(=O)(=O)c3ccc(C)s3)sc2c1. The molecule has 2 aromatic heterocycles. The smallest absolute Gasteiger partial charge is 0.253 e. The fraction of sp³-hybridized carbons (Fsp3) is 0.333.